The standard InChI is InChI=1S/C11H10BrF4NO2/c12-8-5-7(13)1-2-9(8)17-10(18)3-4-19-6-11(14,15)16/h1-2,5H,3-4,6H2,(H,17,18). The number of amides is 1. The maximum absolute atomic E-state index is 12.8. The summed E-state index contributed by atoms with van der Waals surface area (Å²) < 4.78 is 52.7. The van der Waals surface area contributed by atoms with Crippen molar-refractivity contribution in [2.24, 2.45) is 0 Å². The molecule has 0 atom stereocenters. The summed E-state index contributed by atoms with van der Waals surface area (Å²) in [5.41, 5.74) is 0.335. The van der Waals surface area contributed by atoms with E-state index in [1.165, 1.54) is 6.07 Å². The zero-order valence-electron chi connectivity index (χ0n) is 9.56. The first-order valence-electron chi connectivity index (χ1n) is 5.17. The van der Waals surface area contributed by atoms with Gasteiger partial charge in [-0.2, -0.15) is 13.2 Å². The monoisotopic (exact) mass is 343 g/mol. The maximum atomic E-state index is 12.8. The molecule has 1 aromatic rings. The lowest BCUT2D eigenvalue weighted by Crippen LogP contribution is -2.20. The highest BCUT2D eigenvalue weighted by molar-refractivity contribution is 9.10. The molecule has 0 saturated heterocycles. The number of carbonyl (C=O) groups is 1. The molecule has 1 N–H and O–H groups in total. The summed E-state index contributed by atoms with van der Waals surface area (Å²) in [6, 6.07) is 3.66. The number of nitrogens with one attached hydrogen (secondary N) is 1. The Balaban J connectivity index is 2.35. The van der Waals surface area contributed by atoms with Crippen molar-refractivity contribution in [2.75, 3.05) is 18.5 Å². The highest BCUT2D eigenvalue weighted by atomic mass is 79.9. The van der Waals surface area contributed by atoms with Gasteiger partial charge in [0.1, 0.15) is 12.4 Å². The molecule has 19 heavy (non-hydrogen) atoms. The van der Waals surface area contributed by atoms with Gasteiger partial charge in [-0.05, 0) is 34.1 Å². The molecule has 0 aliphatic rings. The van der Waals surface area contributed by atoms with Crippen LogP contribution in [0, 0.1) is 5.82 Å². The lowest BCUT2D eigenvalue weighted by Gasteiger charge is -2.09. The van der Waals surface area contributed by atoms with Gasteiger partial charge in [-0.1, -0.05) is 0 Å². The summed E-state index contributed by atoms with van der Waals surface area (Å²) in [6.45, 7) is -1.73. The summed E-state index contributed by atoms with van der Waals surface area (Å²) in [5.74, 6) is -0.993. The van der Waals surface area contributed by atoms with Gasteiger partial charge < -0.3 is 10.1 Å². The van der Waals surface area contributed by atoms with Crippen molar-refractivity contribution >= 4 is 27.5 Å². The predicted octanol–water partition coefficient (Wildman–Crippen LogP) is 3.50. The van der Waals surface area contributed by atoms with E-state index in [4.69, 9.17) is 0 Å². The van der Waals surface area contributed by atoms with Crippen molar-refractivity contribution in [1.82, 2.24) is 0 Å². The number of alkyl halides is 3. The van der Waals surface area contributed by atoms with E-state index in [-0.39, 0.29) is 13.0 Å². The molecule has 0 heterocycles. The minimum Gasteiger partial charge on any atom is -0.372 e. The van der Waals surface area contributed by atoms with E-state index in [0.717, 1.165) is 12.1 Å². The van der Waals surface area contributed by atoms with Gasteiger partial charge in [-0.25, -0.2) is 4.39 Å². The molecule has 1 aromatic carbocycles. The van der Waals surface area contributed by atoms with Crippen LogP contribution in [0.5, 0.6) is 0 Å². The fourth-order valence-electron chi connectivity index (χ4n) is 1.16. The van der Waals surface area contributed by atoms with E-state index in [2.05, 4.69) is 26.0 Å². The van der Waals surface area contributed by atoms with Gasteiger partial charge in [-0.3, -0.25) is 4.79 Å². The third kappa shape index (κ3) is 6.53. The SMILES string of the molecule is O=C(CCOCC(F)(F)F)Nc1ccc(F)cc1Br. The van der Waals surface area contributed by atoms with Crippen LogP contribution in [0.1, 0.15) is 6.42 Å². The number of hydrogen-bond donors (Lipinski definition) is 1. The highest BCUT2D eigenvalue weighted by Crippen LogP contribution is 2.23. The fraction of sp³-hybridized carbons (Fsp3) is 0.364. The molecule has 0 saturated carbocycles. The summed E-state index contributed by atoms with van der Waals surface area (Å²) in [7, 11) is 0. The van der Waals surface area contributed by atoms with Crippen LogP contribution in [-0.4, -0.2) is 25.3 Å². The molecular weight excluding hydrogens is 334 g/mol. The molecule has 0 spiro atoms. The molecule has 1 amide bonds. The van der Waals surface area contributed by atoms with Crippen molar-refractivity contribution in [3.63, 3.8) is 0 Å². The van der Waals surface area contributed by atoms with E-state index >= 15 is 0 Å². The Morgan fingerprint density at radius 3 is 2.63 bits per heavy atom. The van der Waals surface area contributed by atoms with Gasteiger partial charge in [0.2, 0.25) is 5.91 Å². The number of halogens is 5. The second-order valence-corrected chi connectivity index (χ2v) is 4.44. The first-order chi connectivity index (χ1) is 8.78. The number of hydrogen-bond acceptors (Lipinski definition) is 2. The summed E-state index contributed by atoms with van der Waals surface area (Å²) in [5, 5.41) is 2.42. The fourth-order valence-corrected chi connectivity index (χ4v) is 1.61. The van der Waals surface area contributed by atoms with Gasteiger partial charge >= 0.3 is 6.18 Å². The summed E-state index contributed by atoms with van der Waals surface area (Å²) >= 11 is 3.05. The van der Waals surface area contributed by atoms with Crippen LogP contribution in [0.4, 0.5) is 23.2 Å². The molecule has 0 aliphatic carbocycles. The molecule has 3 nitrogen and oxygen atoms in total. The van der Waals surface area contributed by atoms with E-state index in [9.17, 15) is 22.4 Å². The largest absolute Gasteiger partial charge is 0.411 e. The van der Waals surface area contributed by atoms with E-state index < -0.39 is 24.5 Å². The smallest absolute Gasteiger partial charge is 0.372 e. The number of ether oxygens (including phenoxy) is 1. The Morgan fingerprint density at radius 1 is 1.37 bits per heavy atom. The Bertz CT molecular complexity index is 451. The molecule has 0 aromatic heterocycles. The first kappa shape index (κ1) is 15.9. The van der Waals surface area contributed by atoms with Gasteiger partial charge in [0.15, 0.2) is 0 Å². The zero-order valence-corrected chi connectivity index (χ0v) is 11.1. The molecule has 0 unspecified atom stereocenters. The number of carbonyl (C=O) groups excluding carboxylic acids is 1. The maximum Gasteiger partial charge on any atom is 0.411 e. The molecule has 106 valence electrons. The van der Waals surface area contributed by atoms with Crippen LogP contribution >= 0.6 is 15.9 Å². The Labute approximate surface area is 115 Å². The molecule has 0 fully saturated rings. The third-order valence-corrected chi connectivity index (χ3v) is 2.60. The molecule has 0 aliphatic heterocycles. The van der Waals surface area contributed by atoms with Gasteiger partial charge in [0.05, 0.1) is 18.7 Å². The second kappa shape index (κ2) is 6.85. The minimum atomic E-state index is -4.41. The first-order valence-corrected chi connectivity index (χ1v) is 5.96. The number of rotatable bonds is 5. The Kier molecular flexibility index (Phi) is 5.74. The molecule has 1 rings (SSSR count). The van der Waals surface area contributed by atoms with Crippen LogP contribution in [0.3, 0.4) is 0 Å². The molecular formula is C11H10BrF4NO2. The summed E-state index contributed by atoms with van der Waals surface area (Å²) in [6.07, 6.45) is -4.63. The van der Waals surface area contributed by atoms with Crippen molar-refractivity contribution in [2.45, 2.75) is 12.6 Å². The second-order valence-electron chi connectivity index (χ2n) is 3.59. The molecule has 0 radical (unpaired) electrons. The van der Waals surface area contributed by atoms with Crippen LogP contribution in [0.15, 0.2) is 22.7 Å². The van der Waals surface area contributed by atoms with Gasteiger partial charge in [0.25, 0.3) is 0 Å². The van der Waals surface area contributed by atoms with Crippen molar-refractivity contribution in [1.29, 1.82) is 0 Å². The topological polar surface area (TPSA) is 38.3 Å². The summed E-state index contributed by atoms with van der Waals surface area (Å²) in [4.78, 5) is 11.4. The Hall–Kier alpha value is -1.15. The van der Waals surface area contributed by atoms with Crippen molar-refractivity contribution in [3.05, 3.63) is 28.5 Å². The average molecular weight is 344 g/mol. The lowest BCUT2D eigenvalue weighted by atomic mass is 10.3. The predicted molar refractivity (Wildman–Crippen MR) is 64.2 cm³/mol. The van der Waals surface area contributed by atoms with Crippen molar-refractivity contribution in [3.8, 4) is 0 Å². The van der Waals surface area contributed by atoms with E-state index in [1.807, 2.05) is 0 Å². The Morgan fingerprint density at radius 2 is 2.05 bits per heavy atom. The average Bonchev–Trinajstić information content (AvgIpc) is 2.27. The lowest BCUT2D eigenvalue weighted by molar-refractivity contribution is -0.174. The van der Waals surface area contributed by atoms with Crippen LogP contribution in [0.2, 0.25) is 0 Å². The van der Waals surface area contributed by atoms with Crippen LogP contribution in [-0.2, 0) is 9.53 Å². The van der Waals surface area contributed by atoms with Crippen LogP contribution in [0.25, 0.3) is 0 Å². The van der Waals surface area contributed by atoms with Gasteiger partial charge in [-0.15, -0.1) is 0 Å². The van der Waals surface area contributed by atoms with E-state index in [0.29, 0.717) is 10.2 Å². The molecule has 8 heteroatoms. The number of benzene rings is 1. The minimum absolute atomic E-state index is 0.222. The van der Waals surface area contributed by atoms with Crippen molar-refractivity contribution < 1.29 is 27.1 Å². The quantitative estimate of drug-likeness (QED) is 0.656. The normalized spacial score (nSPS) is 11.4. The van der Waals surface area contributed by atoms with E-state index in [1.54, 1.807) is 0 Å². The highest BCUT2D eigenvalue weighted by Gasteiger charge is 2.27. The van der Waals surface area contributed by atoms with Crippen LogP contribution < -0.4 is 5.32 Å². The third-order valence-electron chi connectivity index (χ3n) is 1.94. The zero-order chi connectivity index (χ0) is 14.5. The molecule has 0 bridgehead atoms. The van der Waals surface area contributed by atoms with Gasteiger partial charge in [0, 0.05) is 4.47 Å². The number of anilines is 1.